The number of nitrogens with zero attached hydrogens (tertiary/aromatic N) is 4. The van der Waals surface area contributed by atoms with Gasteiger partial charge in [0.1, 0.15) is 0 Å². The van der Waals surface area contributed by atoms with Crippen molar-refractivity contribution in [2.24, 2.45) is 0 Å². The minimum Gasteiger partial charge on any atom is -0.350 e. The summed E-state index contributed by atoms with van der Waals surface area (Å²) in [6.45, 7) is 10.9. The Bertz CT molecular complexity index is 1020. The minimum absolute atomic E-state index is 0.0358. The molecule has 0 radical (unpaired) electrons. The second-order valence-electron chi connectivity index (χ2n) is 9.49. The van der Waals surface area contributed by atoms with E-state index in [1.807, 2.05) is 32.6 Å². The molecule has 0 unspecified atom stereocenters. The van der Waals surface area contributed by atoms with Gasteiger partial charge in [0, 0.05) is 38.3 Å². The quantitative estimate of drug-likeness (QED) is 0.590. The molecule has 3 rings (SSSR count). The zero-order valence-electron chi connectivity index (χ0n) is 20.0. The van der Waals surface area contributed by atoms with E-state index in [1.54, 1.807) is 9.47 Å². The number of fused-ring (bicyclic) bond motifs is 1. The first-order valence-electron chi connectivity index (χ1n) is 11.4. The number of nitrogens with one attached hydrogen (secondary N) is 1. The Hall–Kier alpha value is -2.27. The number of aromatic nitrogens is 2. The SMILES string of the molecule is CCCn1c(SCC(=O)N2CCN(CC(=O)NC(C)(C)C)CC2)nc2ccc(C(F)(F)F)cc21. The second-order valence-corrected chi connectivity index (χ2v) is 10.4. The van der Waals surface area contributed by atoms with E-state index in [2.05, 4.69) is 10.3 Å². The largest absolute Gasteiger partial charge is 0.416 e. The van der Waals surface area contributed by atoms with E-state index in [0.717, 1.165) is 18.6 Å². The van der Waals surface area contributed by atoms with Gasteiger partial charge in [0.2, 0.25) is 11.8 Å². The number of halogens is 3. The van der Waals surface area contributed by atoms with Crippen LogP contribution < -0.4 is 5.32 Å². The monoisotopic (exact) mass is 499 g/mol. The Kier molecular flexibility index (Phi) is 8.18. The van der Waals surface area contributed by atoms with Crippen LogP contribution in [0.5, 0.6) is 0 Å². The molecule has 1 saturated heterocycles. The molecule has 0 bridgehead atoms. The number of carbonyl (C=O) groups excluding carboxylic acids is 2. The number of imidazole rings is 1. The lowest BCUT2D eigenvalue weighted by Gasteiger charge is -2.34. The first kappa shape index (κ1) is 26.3. The van der Waals surface area contributed by atoms with E-state index >= 15 is 0 Å². The smallest absolute Gasteiger partial charge is 0.350 e. The van der Waals surface area contributed by atoms with Crippen molar-refractivity contribution in [3.8, 4) is 0 Å². The van der Waals surface area contributed by atoms with Crippen molar-refractivity contribution < 1.29 is 22.8 Å². The summed E-state index contributed by atoms with van der Waals surface area (Å²) in [6.07, 6.45) is -3.69. The Labute approximate surface area is 202 Å². The number of aryl methyl sites for hydroxylation is 1. The summed E-state index contributed by atoms with van der Waals surface area (Å²) in [5, 5.41) is 3.48. The first-order valence-corrected chi connectivity index (χ1v) is 12.4. The second kappa shape index (κ2) is 10.6. The standard InChI is InChI=1S/C23H32F3N5O2S/c1-5-8-31-18-13-16(23(24,25)26)6-7-17(18)27-21(31)34-15-20(33)30-11-9-29(10-12-30)14-19(32)28-22(2,3)4/h6-7,13H,5,8-12,14-15H2,1-4H3,(H,28,32). The summed E-state index contributed by atoms with van der Waals surface area (Å²) >= 11 is 1.25. The van der Waals surface area contributed by atoms with Crippen molar-refractivity contribution in [3.63, 3.8) is 0 Å². The number of hydrogen-bond donors (Lipinski definition) is 1. The molecule has 2 aromatic rings. The van der Waals surface area contributed by atoms with Crippen molar-refractivity contribution in [1.82, 2.24) is 24.7 Å². The fraction of sp³-hybridized carbons (Fsp3) is 0.609. The van der Waals surface area contributed by atoms with Crippen LogP contribution in [0.2, 0.25) is 0 Å². The van der Waals surface area contributed by atoms with Gasteiger partial charge in [0.25, 0.3) is 0 Å². The van der Waals surface area contributed by atoms with Crippen LogP contribution in [0, 0.1) is 0 Å². The number of rotatable bonds is 7. The summed E-state index contributed by atoms with van der Waals surface area (Å²) in [5.41, 5.74) is -0.0828. The zero-order chi connectivity index (χ0) is 25.1. The van der Waals surface area contributed by atoms with Gasteiger partial charge >= 0.3 is 6.18 Å². The van der Waals surface area contributed by atoms with E-state index < -0.39 is 11.7 Å². The van der Waals surface area contributed by atoms with E-state index in [0.29, 0.717) is 55.5 Å². The molecule has 0 spiro atoms. The normalized spacial score (nSPS) is 15.7. The van der Waals surface area contributed by atoms with Crippen molar-refractivity contribution in [2.75, 3.05) is 38.5 Å². The molecule has 1 aliphatic heterocycles. The highest BCUT2D eigenvalue weighted by molar-refractivity contribution is 7.99. The molecule has 188 valence electrons. The van der Waals surface area contributed by atoms with Gasteiger partial charge in [0.15, 0.2) is 5.16 Å². The predicted octanol–water partition coefficient (Wildman–Crippen LogP) is 3.62. The maximum atomic E-state index is 13.2. The third-order valence-corrected chi connectivity index (χ3v) is 6.38. The zero-order valence-corrected chi connectivity index (χ0v) is 20.9. The Morgan fingerprint density at radius 2 is 1.79 bits per heavy atom. The van der Waals surface area contributed by atoms with Gasteiger partial charge in [-0.2, -0.15) is 13.2 Å². The van der Waals surface area contributed by atoms with Crippen LogP contribution in [0.15, 0.2) is 23.4 Å². The summed E-state index contributed by atoms with van der Waals surface area (Å²) in [4.78, 5) is 33.2. The molecule has 1 aromatic heterocycles. The van der Waals surface area contributed by atoms with E-state index in [1.165, 1.54) is 17.8 Å². The molecule has 2 heterocycles. The first-order chi connectivity index (χ1) is 15.9. The summed E-state index contributed by atoms with van der Waals surface area (Å²) < 4.78 is 41.2. The summed E-state index contributed by atoms with van der Waals surface area (Å²) in [5.74, 6) is 0.0742. The molecule has 1 aromatic carbocycles. The molecule has 1 N–H and O–H groups in total. The highest BCUT2D eigenvalue weighted by Crippen LogP contribution is 2.33. The molecule has 1 fully saturated rings. The lowest BCUT2D eigenvalue weighted by molar-refractivity contribution is -0.137. The highest BCUT2D eigenvalue weighted by Gasteiger charge is 2.31. The Morgan fingerprint density at radius 3 is 2.38 bits per heavy atom. The molecule has 1 aliphatic rings. The fourth-order valence-corrected chi connectivity index (χ4v) is 4.80. The van der Waals surface area contributed by atoms with Crippen molar-refractivity contribution in [3.05, 3.63) is 23.8 Å². The van der Waals surface area contributed by atoms with Crippen molar-refractivity contribution >= 4 is 34.6 Å². The molecule has 7 nitrogen and oxygen atoms in total. The lowest BCUT2D eigenvalue weighted by Crippen LogP contribution is -2.53. The maximum absolute atomic E-state index is 13.2. The number of hydrogen-bond acceptors (Lipinski definition) is 5. The van der Waals surface area contributed by atoms with Crippen LogP contribution in [0.4, 0.5) is 13.2 Å². The predicted molar refractivity (Wildman–Crippen MR) is 127 cm³/mol. The molecular formula is C23H32F3N5O2S. The van der Waals surface area contributed by atoms with Crippen LogP contribution in [-0.4, -0.2) is 75.2 Å². The highest BCUT2D eigenvalue weighted by atomic mass is 32.2. The molecule has 2 amide bonds. The van der Waals surface area contributed by atoms with Gasteiger partial charge in [0.05, 0.1) is 28.9 Å². The number of carbonyl (C=O) groups is 2. The minimum atomic E-state index is -4.42. The van der Waals surface area contributed by atoms with Crippen molar-refractivity contribution in [1.29, 1.82) is 0 Å². The van der Waals surface area contributed by atoms with Crippen LogP contribution >= 0.6 is 11.8 Å². The van der Waals surface area contributed by atoms with Gasteiger partial charge in [-0.15, -0.1) is 0 Å². The van der Waals surface area contributed by atoms with Gasteiger partial charge in [-0.05, 0) is 45.4 Å². The Morgan fingerprint density at radius 1 is 1.12 bits per heavy atom. The third-order valence-electron chi connectivity index (χ3n) is 5.42. The fourth-order valence-electron chi connectivity index (χ4n) is 3.86. The maximum Gasteiger partial charge on any atom is 0.416 e. The van der Waals surface area contributed by atoms with Gasteiger partial charge in [-0.1, -0.05) is 18.7 Å². The molecule has 11 heteroatoms. The topological polar surface area (TPSA) is 70.5 Å². The van der Waals surface area contributed by atoms with E-state index in [9.17, 15) is 22.8 Å². The molecule has 0 aliphatic carbocycles. The van der Waals surface area contributed by atoms with Crippen molar-refractivity contribution in [2.45, 2.75) is 57.5 Å². The van der Waals surface area contributed by atoms with Gasteiger partial charge in [-0.3, -0.25) is 14.5 Å². The number of piperazine rings is 1. The molecular weight excluding hydrogens is 467 g/mol. The number of benzene rings is 1. The van der Waals surface area contributed by atoms with Crippen LogP contribution in [0.1, 0.15) is 39.7 Å². The summed E-state index contributed by atoms with van der Waals surface area (Å²) in [7, 11) is 0. The molecule has 0 saturated carbocycles. The summed E-state index contributed by atoms with van der Waals surface area (Å²) in [6, 6.07) is 3.54. The average Bonchev–Trinajstić information content (AvgIpc) is 3.07. The van der Waals surface area contributed by atoms with Crippen LogP contribution in [0.25, 0.3) is 11.0 Å². The Balaban J connectivity index is 1.59. The number of alkyl halides is 3. The molecule has 34 heavy (non-hydrogen) atoms. The van der Waals surface area contributed by atoms with Crippen LogP contribution in [-0.2, 0) is 22.3 Å². The van der Waals surface area contributed by atoms with Gasteiger partial charge < -0.3 is 14.8 Å². The van der Waals surface area contributed by atoms with Gasteiger partial charge in [-0.25, -0.2) is 4.98 Å². The molecule has 0 atom stereocenters. The van der Waals surface area contributed by atoms with E-state index in [4.69, 9.17) is 0 Å². The average molecular weight is 500 g/mol. The number of amides is 2. The lowest BCUT2D eigenvalue weighted by atomic mass is 10.1. The van der Waals surface area contributed by atoms with Crippen LogP contribution in [0.3, 0.4) is 0 Å². The third kappa shape index (κ3) is 6.88. The number of thioether (sulfide) groups is 1. The van der Waals surface area contributed by atoms with E-state index in [-0.39, 0.29) is 23.1 Å².